The Morgan fingerprint density at radius 1 is 1.12 bits per heavy atom. The zero-order valence-electron chi connectivity index (χ0n) is 9.73. The normalized spacial score (nSPS) is 9.38. The van der Waals surface area contributed by atoms with Gasteiger partial charge in [0.25, 0.3) is 0 Å². The smallest absolute Gasteiger partial charge is 0.248 e. The number of nitrogens with two attached hydrogens (primary N) is 1. The molecule has 16 heavy (non-hydrogen) atoms. The maximum atomic E-state index is 10.9. The first-order valence-corrected chi connectivity index (χ1v) is 5.47. The SMILES string of the molecule is CCC.NC(=O)c1ccc2ccccc2c1.[HH]. The van der Waals surface area contributed by atoms with E-state index in [2.05, 4.69) is 13.8 Å². The van der Waals surface area contributed by atoms with Crippen LogP contribution in [0.2, 0.25) is 0 Å². The fourth-order valence-electron chi connectivity index (χ4n) is 1.34. The highest BCUT2D eigenvalue weighted by atomic mass is 16.1. The molecule has 2 nitrogen and oxygen atoms in total. The first-order chi connectivity index (χ1) is 7.69. The molecule has 0 aliphatic rings. The molecule has 0 saturated heterocycles. The van der Waals surface area contributed by atoms with Gasteiger partial charge in [-0.15, -0.1) is 0 Å². The second-order valence-corrected chi connectivity index (χ2v) is 3.63. The fourth-order valence-corrected chi connectivity index (χ4v) is 1.34. The highest BCUT2D eigenvalue weighted by Crippen LogP contribution is 2.14. The third kappa shape index (κ3) is 3.09. The molecule has 0 radical (unpaired) electrons. The molecule has 2 N–H and O–H groups in total. The van der Waals surface area contributed by atoms with Gasteiger partial charge in [0.2, 0.25) is 5.91 Å². The number of carbonyl (C=O) groups excluding carboxylic acids is 1. The minimum Gasteiger partial charge on any atom is -0.366 e. The third-order valence-electron chi connectivity index (χ3n) is 2.03. The Morgan fingerprint density at radius 2 is 1.69 bits per heavy atom. The standard InChI is InChI=1S/C11H9NO.C3H8.H2/c12-11(13)10-6-5-8-3-1-2-4-9(8)7-10;1-3-2;/h1-7H,(H2,12,13);3H2,1-2H3;1H. The predicted octanol–water partition coefficient (Wildman–Crippen LogP) is 3.60. The number of primary amides is 1. The van der Waals surface area contributed by atoms with Crippen molar-refractivity contribution in [2.45, 2.75) is 20.3 Å². The lowest BCUT2D eigenvalue weighted by Crippen LogP contribution is -2.10. The first kappa shape index (κ1) is 12.2. The zero-order chi connectivity index (χ0) is 12.0. The van der Waals surface area contributed by atoms with Gasteiger partial charge >= 0.3 is 0 Å². The molecule has 0 spiro atoms. The number of amides is 1. The summed E-state index contributed by atoms with van der Waals surface area (Å²) in [6.07, 6.45) is 1.25. The van der Waals surface area contributed by atoms with Crippen molar-refractivity contribution >= 4 is 16.7 Å². The highest BCUT2D eigenvalue weighted by molar-refractivity contribution is 5.97. The minimum atomic E-state index is -0.384. The van der Waals surface area contributed by atoms with Gasteiger partial charge < -0.3 is 5.73 Å². The largest absolute Gasteiger partial charge is 0.366 e. The van der Waals surface area contributed by atoms with Crippen LogP contribution in [0.25, 0.3) is 10.8 Å². The molecule has 0 atom stereocenters. The van der Waals surface area contributed by atoms with E-state index >= 15 is 0 Å². The van der Waals surface area contributed by atoms with E-state index in [0.717, 1.165) is 10.8 Å². The van der Waals surface area contributed by atoms with Crippen molar-refractivity contribution in [3.05, 3.63) is 48.0 Å². The Bertz CT molecular complexity index is 482. The number of rotatable bonds is 1. The maximum Gasteiger partial charge on any atom is 0.248 e. The van der Waals surface area contributed by atoms with Gasteiger partial charge in [0.05, 0.1) is 0 Å². The van der Waals surface area contributed by atoms with Crippen LogP contribution in [0.15, 0.2) is 42.5 Å². The van der Waals surface area contributed by atoms with E-state index in [1.807, 2.05) is 30.3 Å². The molecule has 0 aliphatic carbocycles. The Morgan fingerprint density at radius 3 is 2.25 bits per heavy atom. The molecule has 2 aromatic carbocycles. The lowest BCUT2D eigenvalue weighted by Gasteiger charge is -1.98. The molecule has 2 rings (SSSR count). The first-order valence-electron chi connectivity index (χ1n) is 5.47. The number of hydrogen-bond acceptors (Lipinski definition) is 1. The average Bonchev–Trinajstić information content (AvgIpc) is 2.29. The Kier molecular flexibility index (Phi) is 4.52. The molecule has 0 heterocycles. The van der Waals surface area contributed by atoms with Crippen LogP contribution in [0, 0.1) is 0 Å². The van der Waals surface area contributed by atoms with Gasteiger partial charge in [-0.3, -0.25) is 4.79 Å². The molecule has 0 unspecified atom stereocenters. The van der Waals surface area contributed by atoms with Gasteiger partial charge in [0.15, 0.2) is 0 Å². The van der Waals surface area contributed by atoms with Gasteiger partial charge in [0, 0.05) is 6.99 Å². The minimum absolute atomic E-state index is 0. The molecule has 86 valence electrons. The van der Waals surface area contributed by atoms with Crippen molar-refractivity contribution in [3.8, 4) is 0 Å². The van der Waals surface area contributed by atoms with Crippen molar-refractivity contribution in [2.75, 3.05) is 0 Å². The highest BCUT2D eigenvalue weighted by Gasteiger charge is 1.99. The van der Waals surface area contributed by atoms with Crippen LogP contribution in [0.4, 0.5) is 0 Å². The summed E-state index contributed by atoms with van der Waals surface area (Å²) < 4.78 is 0. The molecule has 0 aromatic heterocycles. The van der Waals surface area contributed by atoms with Crippen molar-refractivity contribution in [1.82, 2.24) is 0 Å². The Labute approximate surface area is 97.6 Å². The Balaban J connectivity index is 0.000000583. The van der Waals surface area contributed by atoms with Crippen LogP contribution in [-0.2, 0) is 0 Å². The second-order valence-electron chi connectivity index (χ2n) is 3.63. The number of fused-ring (bicyclic) bond motifs is 1. The van der Waals surface area contributed by atoms with Crippen LogP contribution in [0.3, 0.4) is 0 Å². The molecular weight excluding hydrogens is 198 g/mol. The van der Waals surface area contributed by atoms with Gasteiger partial charge in [-0.05, 0) is 22.9 Å². The van der Waals surface area contributed by atoms with Crippen LogP contribution in [0.5, 0.6) is 0 Å². The number of carbonyl (C=O) groups is 1. The summed E-state index contributed by atoms with van der Waals surface area (Å²) in [5.74, 6) is -0.384. The molecule has 2 aromatic rings. The van der Waals surface area contributed by atoms with Crippen molar-refractivity contribution in [2.24, 2.45) is 5.73 Å². The van der Waals surface area contributed by atoms with E-state index in [4.69, 9.17) is 5.73 Å². The molecule has 1 amide bonds. The molecular formula is C14H19NO. The summed E-state index contributed by atoms with van der Waals surface area (Å²) in [6, 6.07) is 13.3. The lowest BCUT2D eigenvalue weighted by atomic mass is 10.1. The molecule has 0 saturated carbocycles. The monoisotopic (exact) mass is 217 g/mol. The van der Waals surface area contributed by atoms with Crippen LogP contribution >= 0.6 is 0 Å². The topological polar surface area (TPSA) is 43.1 Å². The van der Waals surface area contributed by atoms with Crippen molar-refractivity contribution in [3.63, 3.8) is 0 Å². The van der Waals surface area contributed by atoms with E-state index < -0.39 is 0 Å². The van der Waals surface area contributed by atoms with Gasteiger partial charge in [-0.25, -0.2) is 0 Å². The predicted molar refractivity (Wildman–Crippen MR) is 70.5 cm³/mol. The quantitative estimate of drug-likeness (QED) is 0.779. The summed E-state index contributed by atoms with van der Waals surface area (Å²) in [5, 5.41) is 2.16. The van der Waals surface area contributed by atoms with E-state index in [9.17, 15) is 4.79 Å². The molecule has 2 heteroatoms. The number of hydrogen-bond donors (Lipinski definition) is 1. The van der Waals surface area contributed by atoms with E-state index in [0.29, 0.717) is 5.56 Å². The summed E-state index contributed by atoms with van der Waals surface area (Å²) in [7, 11) is 0. The van der Waals surface area contributed by atoms with E-state index in [1.54, 1.807) is 12.1 Å². The zero-order valence-corrected chi connectivity index (χ0v) is 9.73. The van der Waals surface area contributed by atoms with Crippen LogP contribution in [-0.4, -0.2) is 5.91 Å². The maximum absolute atomic E-state index is 10.9. The van der Waals surface area contributed by atoms with Gasteiger partial charge in [-0.1, -0.05) is 50.6 Å². The summed E-state index contributed by atoms with van der Waals surface area (Å²) >= 11 is 0. The van der Waals surface area contributed by atoms with Crippen molar-refractivity contribution < 1.29 is 6.22 Å². The molecule has 0 fully saturated rings. The third-order valence-corrected chi connectivity index (χ3v) is 2.03. The van der Waals surface area contributed by atoms with E-state index in [-0.39, 0.29) is 7.33 Å². The number of benzene rings is 2. The molecule has 0 bridgehead atoms. The van der Waals surface area contributed by atoms with Crippen molar-refractivity contribution in [1.29, 1.82) is 0 Å². The Hall–Kier alpha value is -1.83. The fraction of sp³-hybridized carbons (Fsp3) is 0.214. The van der Waals surface area contributed by atoms with Gasteiger partial charge in [0.1, 0.15) is 0 Å². The second kappa shape index (κ2) is 5.91. The summed E-state index contributed by atoms with van der Waals surface area (Å²) in [6.45, 7) is 4.25. The summed E-state index contributed by atoms with van der Waals surface area (Å²) in [4.78, 5) is 10.9. The van der Waals surface area contributed by atoms with Crippen LogP contribution < -0.4 is 5.73 Å². The lowest BCUT2D eigenvalue weighted by molar-refractivity contribution is 0.100. The molecule has 0 aliphatic heterocycles. The van der Waals surface area contributed by atoms with E-state index in [1.165, 1.54) is 6.42 Å². The average molecular weight is 217 g/mol. The van der Waals surface area contributed by atoms with Crippen LogP contribution in [0.1, 0.15) is 32.1 Å². The summed E-state index contributed by atoms with van der Waals surface area (Å²) in [5.41, 5.74) is 5.72. The van der Waals surface area contributed by atoms with Gasteiger partial charge in [-0.2, -0.15) is 0 Å².